The first kappa shape index (κ1) is 12.2. The van der Waals surface area contributed by atoms with E-state index < -0.39 is 6.67 Å². The molecule has 0 spiro atoms. The molecule has 1 aromatic carbocycles. The monoisotopic (exact) mass is 348 g/mol. The van der Waals surface area contributed by atoms with E-state index in [9.17, 15) is 4.39 Å². The highest BCUT2D eigenvalue weighted by Crippen LogP contribution is 2.20. The zero-order valence-corrected chi connectivity index (χ0v) is 11.0. The lowest BCUT2D eigenvalue weighted by atomic mass is 10.1. The van der Waals surface area contributed by atoms with E-state index in [1.54, 1.807) is 6.07 Å². The Hall–Kier alpha value is -1.31. The molecule has 2 aromatic rings. The van der Waals surface area contributed by atoms with Crippen LogP contribution in [0.2, 0.25) is 0 Å². The molecule has 0 saturated heterocycles. The molecule has 0 atom stereocenters. The third-order valence-corrected chi connectivity index (χ3v) is 3.29. The van der Waals surface area contributed by atoms with Crippen LogP contribution in [0.5, 0.6) is 5.88 Å². The summed E-state index contributed by atoms with van der Waals surface area (Å²) in [7, 11) is 0. The van der Waals surface area contributed by atoms with Crippen molar-refractivity contribution >= 4 is 22.6 Å². The minimum atomic E-state index is -0.524. The SMILES string of the molecule is On1ccc(OCc2c(I)cccc2CF)n1. The van der Waals surface area contributed by atoms with Crippen LogP contribution in [0.4, 0.5) is 4.39 Å². The van der Waals surface area contributed by atoms with Crippen LogP contribution in [0.1, 0.15) is 11.1 Å². The summed E-state index contributed by atoms with van der Waals surface area (Å²) in [6.07, 6.45) is 1.36. The second kappa shape index (κ2) is 5.35. The van der Waals surface area contributed by atoms with Gasteiger partial charge in [-0.25, -0.2) is 4.39 Å². The number of benzene rings is 1. The second-order valence-corrected chi connectivity index (χ2v) is 4.54. The van der Waals surface area contributed by atoms with E-state index in [1.807, 2.05) is 12.1 Å². The van der Waals surface area contributed by atoms with Gasteiger partial charge in [-0.05, 0) is 34.2 Å². The fourth-order valence-corrected chi connectivity index (χ4v) is 2.12. The number of rotatable bonds is 4. The van der Waals surface area contributed by atoms with Crippen molar-refractivity contribution in [3.8, 4) is 5.88 Å². The molecule has 6 heteroatoms. The maximum atomic E-state index is 12.8. The molecule has 0 unspecified atom stereocenters. The number of aromatic nitrogens is 2. The quantitative estimate of drug-likeness (QED) is 0.683. The van der Waals surface area contributed by atoms with Gasteiger partial charge in [0.05, 0.1) is 6.20 Å². The van der Waals surface area contributed by atoms with E-state index in [0.717, 1.165) is 9.13 Å². The van der Waals surface area contributed by atoms with Crippen LogP contribution in [0, 0.1) is 3.57 Å². The first-order valence-corrected chi connectivity index (χ1v) is 5.98. The summed E-state index contributed by atoms with van der Waals surface area (Å²) in [4.78, 5) is 0.668. The van der Waals surface area contributed by atoms with Crippen LogP contribution >= 0.6 is 22.6 Å². The molecule has 2 rings (SSSR count). The Morgan fingerprint density at radius 3 is 2.88 bits per heavy atom. The fraction of sp³-hybridized carbons (Fsp3) is 0.182. The van der Waals surface area contributed by atoms with Crippen LogP contribution in [0.3, 0.4) is 0 Å². The van der Waals surface area contributed by atoms with Gasteiger partial charge in [0.25, 0.3) is 0 Å². The van der Waals surface area contributed by atoms with Crippen molar-refractivity contribution in [1.82, 2.24) is 9.94 Å². The highest BCUT2D eigenvalue weighted by Gasteiger charge is 2.08. The van der Waals surface area contributed by atoms with Crippen LogP contribution in [0.15, 0.2) is 30.5 Å². The number of hydrogen-bond acceptors (Lipinski definition) is 3. The van der Waals surface area contributed by atoms with Crippen molar-refractivity contribution in [2.75, 3.05) is 0 Å². The fourth-order valence-electron chi connectivity index (χ4n) is 1.41. The third kappa shape index (κ3) is 2.87. The van der Waals surface area contributed by atoms with E-state index in [4.69, 9.17) is 9.94 Å². The van der Waals surface area contributed by atoms with Gasteiger partial charge < -0.3 is 9.94 Å². The van der Waals surface area contributed by atoms with Gasteiger partial charge in [-0.3, -0.25) is 0 Å². The van der Waals surface area contributed by atoms with E-state index >= 15 is 0 Å². The second-order valence-electron chi connectivity index (χ2n) is 3.37. The average Bonchev–Trinajstić information content (AvgIpc) is 2.73. The number of halogens is 2. The third-order valence-electron chi connectivity index (χ3n) is 2.28. The van der Waals surface area contributed by atoms with Gasteiger partial charge in [0.1, 0.15) is 13.3 Å². The number of alkyl halides is 1. The highest BCUT2D eigenvalue weighted by atomic mass is 127. The lowest BCUT2D eigenvalue weighted by molar-refractivity contribution is 0.141. The van der Waals surface area contributed by atoms with Gasteiger partial charge in [-0.15, -0.1) is 4.85 Å². The predicted octanol–water partition coefficient (Wildman–Crippen LogP) is 2.77. The van der Waals surface area contributed by atoms with Gasteiger partial charge in [0.2, 0.25) is 5.88 Å². The Bertz CT molecular complexity index is 516. The van der Waals surface area contributed by atoms with E-state index in [0.29, 0.717) is 16.3 Å². The van der Waals surface area contributed by atoms with Crippen molar-refractivity contribution in [2.24, 2.45) is 0 Å². The first-order valence-electron chi connectivity index (χ1n) is 4.90. The first-order chi connectivity index (χ1) is 8.20. The van der Waals surface area contributed by atoms with Crippen molar-refractivity contribution < 1.29 is 14.3 Å². The molecule has 0 aliphatic rings. The lowest BCUT2D eigenvalue weighted by Gasteiger charge is -2.09. The van der Waals surface area contributed by atoms with Crippen LogP contribution in [-0.2, 0) is 13.3 Å². The maximum Gasteiger partial charge on any atom is 0.236 e. The summed E-state index contributed by atoms with van der Waals surface area (Å²) in [5.74, 6) is 0.303. The number of hydrogen-bond donors (Lipinski definition) is 1. The van der Waals surface area contributed by atoms with Gasteiger partial charge in [0.15, 0.2) is 0 Å². The van der Waals surface area contributed by atoms with Crippen LogP contribution in [-0.4, -0.2) is 15.2 Å². The van der Waals surface area contributed by atoms with Crippen molar-refractivity contribution in [3.63, 3.8) is 0 Å². The lowest BCUT2D eigenvalue weighted by Crippen LogP contribution is -2.02. The Morgan fingerprint density at radius 2 is 2.24 bits per heavy atom. The molecule has 0 fully saturated rings. The van der Waals surface area contributed by atoms with E-state index in [-0.39, 0.29) is 6.61 Å². The zero-order valence-electron chi connectivity index (χ0n) is 8.81. The Morgan fingerprint density at radius 1 is 1.41 bits per heavy atom. The number of nitrogens with zero attached hydrogens (tertiary/aromatic N) is 2. The molecule has 90 valence electrons. The van der Waals surface area contributed by atoms with Crippen molar-refractivity contribution in [1.29, 1.82) is 0 Å². The minimum Gasteiger partial charge on any atom is -0.472 e. The average molecular weight is 348 g/mol. The molecule has 0 amide bonds. The molecular formula is C11H10FIN2O2. The summed E-state index contributed by atoms with van der Waals surface area (Å²) in [5, 5.41) is 12.6. The highest BCUT2D eigenvalue weighted by molar-refractivity contribution is 14.1. The van der Waals surface area contributed by atoms with Crippen molar-refractivity contribution in [3.05, 3.63) is 45.2 Å². The topological polar surface area (TPSA) is 47.3 Å². The molecule has 1 N–H and O–H groups in total. The summed E-state index contributed by atoms with van der Waals surface area (Å²) in [5.41, 5.74) is 1.42. The molecule has 4 nitrogen and oxygen atoms in total. The Kier molecular flexibility index (Phi) is 3.82. The summed E-state index contributed by atoms with van der Waals surface area (Å²) >= 11 is 2.14. The minimum absolute atomic E-state index is 0.232. The summed E-state index contributed by atoms with van der Waals surface area (Å²) < 4.78 is 19.1. The van der Waals surface area contributed by atoms with E-state index in [2.05, 4.69) is 27.7 Å². The molecule has 0 aliphatic heterocycles. The zero-order chi connectivity index (χ0) is 12.3. The van der Waals surface area contributed by atoms with Gasteiger partial charge in [0, 0.05) is 15.2 Å². The van der Waals surface area contributed by atoms with Gasteiger partial charge in [-0.1, -0.05) is 17.2 Å². The molecule has 1 heterocycles. The van der Waals surface area contributed by atoms with Gasteiger partial charge in [-0.2, -0.15) is 0 Å². The molecule has 1 aromatic heterocycles. The van der Waals surface area contributed by atoms with Crippen LogP contribution in [0.25, 0.3) is 0 Å². The van der Waals surface area contributed by atoms with Crippen molar-refractivity contribution in [2.45, 2.75) is 13.3 Å². The Balaban J connectivity index is 2.13. The smallest absolute Gasteiger partial charge is 0.236 e. The maximum absolute atomic E-state index is 12.8. The molecule has 0 saturated carbocycles. The summed E-state index contributed by atoms with van der Waals surface area (Å²) in [6, 6.07) is 6.96. The molecular weight excluding hydrogens is 338 g/mol. The number of ether oxygens (including phenoxy) is 1. The molecule has 0 radical (unpaired) electrons. The molecule has 0 aliphatic carbocycles. The van der Waals surface area contributed by atoms with E-state index in [1.165, 1.54) is 12.3 Å². The van der Waals surface area contributed by atoms with Crippen LogP contribution < -0.4 is 4.74 Å². The molecule has 17 heavy (non-hydrogen) atoms. The predicted molar refractivity (Wildman–Crippen MR) is 67.7 cm³/mol. The summed E-state index contributed by atoms with van der Waals surface area (Å²) in [6.45, 7) is -0.292. The molecule has 0 bridgehead atoms. The Labute approximate surface area is 111 Å². The normalized spacial score (nSPS) is 10.5. The largest absolute Gasteiger partial charge is 0.472 e. The van der Waals surface area contributed by atoms with Gasteiger partial charge >= 0.3 is 0 Å². The standard InChI is InChI=1S/C11H10FIN2O2/c12-6-8-2-1-3-10(13)9(8)7-17-11-4-5-15(16)14-11/h1-5,16H,6-7H2.